The van der Waals surface area contributed by atoms with Gasteiger partial charge in [-0.05, 0) is 41.8 Å². The number of rotatable bonds is 6. The molecule has 0 saturated carbocycles. The summed E-state index contributed by atoms with van der Waals surface area (Å²) < 4.78 is 13.0. The van der Waals surface area contributed by atoms with Crippen molar-refractivity contribution < 1.29 is 9.47 Å². The Morgan fingerprint density at radius 3 is 2.57 bits per heavy atom. The van der Waals surface area contributed by atoms with Crippen LogP contribution in [0.25, 0.3) is 26.3 Å². The van der Waals surface area contributed by atoms with Gasteiger partial charge in [-0.2, -0.15) is 4.68 Å². The fraction of sp³-hybridized carbons (Fsp3) is 0.227. The number of thiophene rings is 1. The number of aromatic nitrogens is 3. The second-order valence-corrected chi connectivity index (χ2v) is 8.67. The summed E-state index contributed by atoms with van der Waals surface area (Å²) in [5.74, 6) is 1.55. The first kappa shape index (κ1) is 20.4. The lowest BCUT2D eigenvalue weighted by Gasteiger charge is -2.13. The van der Waals surface area contributed by atoms with E-state index in [1.807, 2.05) is 30.3 Å². The monoisotopic (exact) mass is 441 g/mol. The molecule has 0 unspecified atom stereocenters. The number of hydrogen-bond acceptors (Lipinski definition) is 6. The highest BCUT2D eigenvalue weighted by Gasteiger charge is 2.15. The topological polar surface area (TPSA) is 66.2 Å². The van der Waals surface area contributed by atoms with Crippen LogP contribution in [-0.4, -0.2) is 28.7 Å². The largest absolute Gasteiger partial charge is 0.493 e. The Morgan fingerprint density at radius 2 is 1.87 bits per heavy atom. The summed E-state index contributed by atoms with van der Waals surface area (Å²) in [5, 5.41) is 9.03. The molecule has 0 fully saturated rings. The van der Waals surface area contributed by atoms with Gasteiger partial charge in [0.15, 0.2) is 11.5 Å². The zero-order valence-corrected chi connectivity index (χ0v) is 18.3. The SMILES string of the molecule is COc1cc(-n2nnc3cc(-c4ccc(Cl)cc4)sc3c2=O)ccc1OCC(C)C. The molecule has 0 aliphatic heterocycles. The third-order valence-corrected chi connectivity index (χ3v) is 5.85. The van der Waals surface area contributed by atoms with Gasteiger partial charge in [0.2, 0.25) is 0 Å². The van der Waals surface area contributed by atoms with Gasteiger partial charge >= 0.3 is 0 Å². The predicted octanol–water partition coefficient (Wildman–Crippen LogP) is 5.21. The molecule has 0 aliphatic carbocycles. The standard InChI is InChI=1S/C22H20ClN3O3S/c1-13(2)12-29-18-9-8-16(10-19(18)28-3)26-22(27)21-17(24-25-26)11-20(30-21)14-4-6-15(23)7-5-14/h4-11,13H,12H2,1-3H3. The fourth-order valence-electron chi connectivity index (χ4n) is 2.93. The van der Waals surface area contributed by atoms with Crippen molar-refractivity contribution in [2.75, 3.05) is 13.7 Å². The molecule has 2 heterocycles. The molecule has 30 heavy (non-hydrogen) atoms. The van der Waals surface area contributed by atoms with E-state index in [0.29, 0.717) is 45.0 Å². The first-order valence-electron chi connectivity index (χ1n) is 9.43. The molecule has 0 aliphatic rings. The lowest BCUT2D eigenvalue weighted by Crippen LogP contribution is -2.21. The van der Waals surface area contributed by atoms with Crippen LogP contribution in [0.2, 0.25) is 5.02 Å². The van der Waals surface area contributed by atoms with E-state index >= 15 is 0 Å². The summed E-state index contributed by atoms with van der Waals surface area (Å²) in [6.45, 7) is 4.72. The number of benzene rings is 2. The molecule has 2 aromatic heterocycles. The number of nitrogens with zero attached hydrogens (tertiary/aromatic N) is 3. The fourth-order valence-corrected chi connectivity index (χ4v) is 4.08. The van der Waals surface area contributed by atoms with Gasteiger partial charge in [-0.3, -0.25) is 4.79 Å². The molecule has 2 aromatic carbocycles. The van der Waals surface area contributed by atoms with E-state index in [1.165, 1.54) is 16.0 Å². The van der Waals surface area contributed by atoms with Gasteiger partial charge in [0, 0.05) is 16.0 Å². The van der Waals surface area contributed by atoms with Crippen molar-refractivity contribution in [2.24, 2.45) is 5.92 Å². The molecule has 0 spiro atoms. The third-order valence-electron chi connectivity index (χ3n) is 4.43. The third kappa shape index (κ3) is 4.04. The minimum atomic E-state index is -0.233. The minimum Gasteiger partial charge on any atom is -0.493 e. The van der Waals surface area contributed by atoms with Crippen molar-refractivity contribution in [3.05, 3.63) is 63.9 Å². The van der Waals surface area contributed by atoms with Crippen LogP contribution in [0, 0.1) is 5.92 Å². The molecule has 6 nitrogen and oxygen atoms in total. The van der Waals surface area contributed by atoms with E-state index in [0.717, 1.165) is 10.4 Å². The maximum Gasteiger partial charge on any atom is 0.292 e. The van der Waals surface area contributed by atoms with Crippen LogP contribution in [0.3, 0.4) is 0 Å². The molecule has 4 aromatic rings. The van der Waals surface area contributed by atoms with Crippen molar-refractivity contribution in [2.45, 2.75) is 13.8 Å². The number of fused-ring (bicyclic) bond motifs is 1. The maximum atomic E-state index is 13.1. The Balaban J connectivity index is 1.73. The summed E-state index contributed by atoms with van der Waals surface area (Å²) in [5.41, 5.74) is 1.87. The van der Waals surface area contributed by atoms with Crippen LogP contribution in [0.1, 0.15) is 13.8 Å². The van der Waals surface area contributed by atoms with Crippen LogP contribution >= 0.6 is 22.9 Å². The van der Waals surface area contributed by atoms with Crippen LogP contribution in [-0.2, 0) is 0 Å². The highest BCUT2D eigenvalue weighted by molar-refractivity contribution is 7.22. The van der Waals surface area contributed by atoms with E-state index in [1.54, 1.807) is 25.3 Å². The van der Waals surface area contributed by atoms with Gasteiger partial charge in [0.05, 0.1) is 19.4 Å². The summed E-state index contributed by atoms with van der Waals surface area (Å²) in [6, 6.07) is 14.6. The normalized spacial score (nSPS) is 11.2. The van der Waals surface area contributed by atoms with E-state index < -0.39 is 0 Å². The molecule has 0 bridgehead atoms. The second-order valence-electron chi connectivity index (χ2n) is 7.18. The molecule has 8 heteroatoms. The first-order valence-corrected chi connectivity index (χ1v) is 10.6. The average molecular weight is 442 g/mol. The Bertz CT molecular complexity index is 1250. The molecule has 0 amide bonds. The predicted molar refractivity (Wildman–Crippen MR) is 120 cm³/mol. The quantitative estimate of drug-likeness (QED) is 0.411. The van der Waals surface area contributed by atoms with Crippen molar-refractivity contribution in [3.63, 3.8) is 0 Å². The molecule has 0 N–H and O–H groups in total. The summed E-state index contributed by atoms with van der Waals surface area (Å²) >= 11 is 7.35. The van der Waals surface area contributed by atoms with E-state index in [4.69, 9.17) is 21.1 Å². The van der Waals surface area contributed by atoms with Gasteiger partial charge in [-0.25, -0.2) is 0 Å². The minimum absolute atomic E-state index is 0.233. The molecule has 154 valence electrons. The van der Waals surface area contributed by atoms with Crippen LogP contribution in [0.4, 0.5) is 0 Å². The lowest BCUT2D eigenvalue weighted by atomic mass is 10.2. The number of halogens is 1. The number of ether oxygens (including phenoxy) is 2. The van der Waals surface area contributed by atoms with Gasteiger partial charge in [0.1, 0.15) is 10.2 Å². The molecule has 0 atom stereocenters. The summed E-state index contributed by atoms with van der Waals surface area (Å²) in [6.07, 6.45) is 0. The first-order chi connectivity index (χ1) is 14.5. The van der Waals surface area contributed by atoms with Crippen molar-refractivity contribution in [3.8, 4) is 27.6 Å². The van der Waals surface area contributed by atoms with Crippen LogP contribution in [0.5, 0.6) is 11.5 Å². The molecular formula is C22H20ClN3O3S. The van der Waals surface area contributed by atoms with Gasteiger partial charge in [-0.1, -0.05) is 42.8 Å². The smallest absolute Gasteiger partial charge is 0.292 e. The van der Waals surface area contributed by atoms with Gasteiger partial charge in [0.25, 0.3) is 5.56 Å². The highest BCUT2D eigenvalue weighted by atomic mass is 35.5. The Morgan fingerprint density at radius 1 is 1.10 bits per heavy atom. The second kappa shape index (κ2) is 8.45. The molecule has 0 radical (unpaired) electrons. The lowest BCUT2D eigenvalue weighted by molar-refractivity contribution is 0.257. The zero-order valence-electron chi connectivity index (χ0n) is 16.8. The van der Waals surface area contributed by atoms with Crippen LogP contribution in [0.15, 0.2) is 53.3 Å². The summed E-state index contributed by atoms with van der Waals surface area (Å²) in [7, 11) is 1.57. The Labute approximate surface area is 182 Å². The van der Waals surface area contributed by atoms with Crippen LogP contribution < -0.4 is 15.0 Å². The highest BCUT2D eigenvalue weighted by Crippen LogP contribution is 2.32. The molecule has 4 rings (SSSR count). The Kier molecular flexibility index (Phi) is 5.74. The van der Waals surface area contributed by atoms with Crippen molar-refractivity contribution >= 4 is 33.2 Å². The Hall–Kier alpha value is -2.90. The van der Waals surface area contributed by atoms with Gasteiger partial charge in [-0.15, -0.1) is 16.4 Å². The maximum absolute atomic E-state index is 13.1. The van der Waals surface area contributed by atoms with E-state index in [-0.39, 0.29) is 5.56 Å². The van der Waals surface area contributed by atoms with E-state index in [2.05, 4.69) is 24.2 Å². The average Bonchev–Trinajstić information content (AvgIpc) is 3.18. The molecule has 0 saturated heterocycles. The van der Waals surface area contributed by atoms with Crippen molar-refractivity contribution in [1.82, 2.24) is 15.0 Å². The zero-order chi connectivity index (χ0) is 21.3. The number of hydrogen-bond donors (Lipinski definition) is 0. The van der Waals surface area contributed by atoms with Crippen molar-refractivity contribution in [1.29, 1.82) is 0 Å². The number of methoxy groups -OCH3 is 1. The van der Waals surface area contributed by atoms with E-state index in [9.17, 15) is 4.79 Å². The van der Waals surface area contributed by atoms with Gasteiger partial charge < -0.3 is 9.47 Å². The summed E-state index contributed by atoms with van der Waals surface area (Å²) in [4.78, 5) is 14.0. The molecular weight excluding hydrogens is 422 g/mol.